The fourth-order valence-electron chi connectivity index (χ4n) is 2.81. The first-order chi connectivity index (χ1) is 12.9. The van der Waals surface area contributed by atoms with Crippen molar-refractivity contribution in [1.82, 2.24) is 10.6 Å². The van der Waals surface area contributed by atoms with Crippen LogP contribution in [0, 0.1) is 0 Å². The Morgan fingerprint density at radius 2 is 1.93 bits per heavy atom. The molecule has 0 radical (unpaired) electrons. The van der Waals surface area contributed by atoms with Crippen LogP contribution < -0.4 is 15.4 Å². The summed E-state index contributed by atoms with van der Waals surface area (Å²) in [5.74, 6) is 0.342. The summed E-state index contributed by atoms with van der Waals surface area (Å²) in [5, 5.41) is 6.46. The van der Waals surface area contributed by atoms with Gasteiger partial charge in [-0.15, -0.1) is 37.1 Å². The van der Waals surface area contributed by atoms with Crippen molar-refractivity contribution in [2.45, 2.75) is 37.4 Å². The highest BCUT2D eigenvalue weighted by Gasteiger charge is 2.32. The number of nitrogens with one attached hydrogen (secondary N) is 2. The van der Waals surface area contributed by atoms with E-state index in [9.17, 15) is 13.2 Å². The zero-order chi connectivity index (χ0) is 19.8. The number of guanidine groups is 1. The van der Waals surface area contributed by atoms with Gasteiger partial charge < -0.3 is 20.1 Å². The van der Waals surface area contributed by atoms with Gasteiger partial charge in [-0.2, -0.15) is 11.8 Å². The lowest BCUT2D eigenvalue weighted by Gasteiger charge is -2.36. The van der Waals surface area contributed by atoms with Gasteiger partial charge in [0.05, 0.1) is 6.54 Å². The molecule has 28 heavy (non-hydrogen) atoms. The van der Waals surface area contributed by atoms with Crippen LogP contribution in [0.1, 0.15) is 25.3 Å². The van der Waals surface area contributed by atoms with E-state index in [0.29, 0.717) is 24.6 Å². The molecule has 2 N–H and O–H groups in total. The molecule has 0 aromatic heterocycles. The van der Waals surface area contributed by atoms with Crippen molar-refractivity contribution >= 4 is 41.7 Å². The lowest BCUT2D eigenvalue weighted by atomic mass is 9.99. The predicted molar refractivity (Wildman–Crippen MR) is 118 cm³/mol. The second-order valence-corrected chi connectivity index (χ2v) is 7.48. The Labute approximate surface area is 185 Å². The maximum Gasteiger partial charge on any atom is 0.573 e. The molecule has 0 spiro atoms. The van der Waals surface area contributed by atoms with Gasteiger partial charge in [-0.1, -0.05) is 18.2 Å². The van der Waals surface area contributed by atoms with E-state index in [1.165, 1.54) is 12.1 Å². The number of alkyl halides is 3. The second kappa shape index (κ2) is 12.0. The Bertz CT molecular complexity index is 626. The van der Waals surface area contributed by atoms with Gasteiger partial charge in [0.15, 0.2) is 5.96 Å². The zero-order valence-corrected chi connectivity index (χ0v) is 19.1. The molecule has 1 fully saturated rings. The fraction of sp³-hybridized carbons (Fsp3) is 0.611. The molecule has 1 saturated heterocycles. The summed E-state index contributed by atoms with van der Waals surface area (Å²) < 4.78 is 47.3. The van der Waals surface area contributed by atoms with Crippen LogP contribution in [-0.2, 0) is 11.3 Å². The summed E-state index contributed by atoms with van der Waals surface area (Å²) in [5.41, 5.74) is 0.373. The number of aliphatic imine (C=N–C) groups is 1. The molecule has 2 rings (SSSR count). The van der Waals surface area contributed by atoms with Crippen LogP contribution >= 0.6 is 35.7 Å². The number of rotatable bonds is 7. The molecular formula is C18H27F3IN3O2S. The van der Waals surface area contributed by atoms with Gasteiger partial charge in [-0.25, -0.2) is 4.99 Å². The van der Waals surface area contributed by atoms with Crippen LogP contribution in [0.2, 0.25) is 0 Å². The summed E-state index contributed by atoms with van der Waals surface area (Å²) in [7, 11) is 0. The Kier molecular flexibility index (Phi) is 10.7. The van der Waals surface area contributed by atoms with Crippen molar-refractivity contribution in [3.63, 3.8) is 0 Å². The number of nitrogens with zero attached hydrogens (tertiary/aromatic N) is 1. The maximum atomic E-state index is 12.6. The standard InChI is InChI=1S/C18H26F3N3O2S.HI/c1-3-22-16(24-13-17(27-2)8-10-25-11-9-17)23-12-14-6-4-5-7-15(14)26-18(19,20)21;/h4-7H,3,8-13H2,1-2H3,(H2,22,23,24);1H. The average Bonchev–Trinajstić information content (AvgIpc) is 2.64. The highest BCUT2D eigenvalue weighted by molar-refractivity contribution is 14.0. The van der Waals surface area contributed by atoms with E-state index >= 15 is 0 Å². The number of ether oxygens (including phenoxy) is 2. The molecule has 0 bridgehead atoms. The summed E-state index contributed by atoms with van der Waals surface area (Å²) in [4.78, 5) is 4.43. The predicted octanol–water partition coefficient (Wildman–Crippen LogP) is 4.17. The molecule has 0 unspecified atom stereocenters. The third-order valence-electron chi connectivity index (χ3n) is 4.37. The smallest absolute Gasteiger partial charge is 0.405 e. The first kappa shape index (κ1) is 25.2. The summed E-state index contributed by atoms with van der Waals surface area (Å²) in [6.07, 6.45) is -0.746. The lowest BCUT2D eigenvalue weighted by molar-refractivity contribution is -0.274. The van der Waals surface area contributed by atoms with Crippen LogP contribution in [0.25, 0.3) is 0 Å². The van der Waals surface area contributed by atoms with Crippen molar-refractivity contribution in [2.24, 2.45) is 4.99 Å². The largest absolute Gasteiger partial charge is 0.573 e. The van der Waals surface area contributed by atoms with Crippen molar-refractivity contribution in [2.75, 3.05) is 32.6 Å². The fourth-order valence-corrected chi connectivity index (χ4v) is 3.60. The Morgan fingerprint density at radius 3 is 2.54 bits per heavy atom. The highest BCUT2D eigenvalue weighted by Crippen LogP contribution is 2.33. The van der Waals surface area contributed by atoms with Crippen LogP contribution in [0.15, 0.2) is 29.3 Å². The summed E-state index contributed by atoms with van der Waals surface area (Å²) in [6.45, 7) is 4.86. The third kappa shape index (κ3) is 8.24. The van der Waals surface area contributed by atoms with Gasteiger partial charge in [0.1, 0.15) is 5.75 Å². The number of hydrogen-bond acceptors (Lipinski definition) is 4. The number of hydrogen-bond donors (Lipinski definition) is 2. The van der Waals surface area contributed by atoms with Crippen LogP contribution in [0.5, 0.6) is 5.75 Å². The van der Waals surface area contributed by atoms with Crippen LogP contribution in [0.4, 0.5) is 13.2 Å². The number of thioether (sulfide) groups is 1. The van der Waals surface area contributed by atoms with Gasteiger partial charge in [0.25, 0.3) is 0 Å². The Morgan fingerprint density at radius 1 is 1.25 bits per heavy atom. The van der Waals surface area contributed by atoms with E-state index in [1.807, 2.05) is 6.92 Å². The molecule has 1 aliphatic heterocycles. The third-order valence-corrected chi connectivity index (χ3v) is 5.78. The molecule has 0 saturated carbocycles. The second-order valence-electron chi connectivity index (χ2n) is 6.20. The number of benzene rings is 1. The minimum atomic E-state index is -4.73. The average molecular weight is 533 g/mol. The SMILES string of the molecule is CCNC(=NCc1ccccc1OC(F)(F)F)NCC1(SC)CCOCC1.I. The van der Waals surface area contributed by atoms with Crippen molar-refractivity contribution in [1.29, 1.82) is 0 Å². The van der Waals surface area contributed by atoms with Crippen molar-refractivity contribution in [3.8, 4) is 5.75 Å². The molecular weight excluding hydrogens is 506 g/mol. The highest BCUT2D eigenvalue weighted by atomic mass is 127. The molecule has 0 aliphatic carbocycles. The number of para-hydroxylation sites is 1. The summed E-state index contributed by atoms with van der Waals surface area (Å²) in [6, 6.07) is 6.05. The molecule has 0 atom stereocenters. The molecule has 10 heteroatoms. The van der Waals surface area contributed by atoms with Gasteiger partial charge in [0, 0.05) is 36.6 Å². The molecule has 1 aromatic carbocycles. The molecule has 1 heterocycles. The van der Waals surface area contributed by atoms with Crippen LogP contribution in [0.3, 0.4) is 0 Å². The lowest BCUT2D eigenvalue weighted by Crippen LogP contribution is -2.47. The van der Waals surface area contributed by atoms with E-state index in [0.717, 1.165) is 26.1 Å². The van der Waals surface area contributed by atoms with Crippen LogP contribution in [-0.4, -0.2) is 49.6 Å². The molecule has 160 valence electrons. The number of halogens is 4. The van der Waals surface area contributed by atoms with Crippen molar-refractivity contribution < 1.29 is 22.6 Å². The van der Waals surface area contributed by atoms with E-state index < -0.39 is 6.36 Å². The van der Waals surface area contributed by atoms with Gasteiger partial charge in [-0.3, -0.25) is 0 Å². The minimum absolute atomic E-state index is 0. The quantitative estimate of drug-likeness (QED) is 0.313. The molecule has 1 aromatic rings. The van der Waals surface area contributed by atoms with Gasteiger partial charge >= 0.3 is 6.36 Å². The zero-order valence-electron chi connectivity index (χ0n) is 16.0. The minimum Gasteiger partial charge on any atom is -0.405 e. The molecule has 0 amide bonds. The van der Waals surface area contributed by atoms with E-state index in [4.69, 9.17) is 4.74 Å². The normalized spacial score (nSPS) is 16.8. The monoisotopic (exact) mass is 533 g/mol. The van der Waals surface area contributed by atoms with Crippen molar-refractivity contribution in [3.05, 3.63) is 29.8 Å². The summed E-state index contributed by atoms with van der Waals surface area (Å²) >= 11 is 1.81. The molecule has 1 aliphatic rings. The Hall–Kier alpha value is -0.880. The van der Waals surface area contributed by atoms with Gasteiger partial charge in [-0.05, 0) is 32.1 Å². The van der Waals surface area contributed by atoms with E-state index in [2.05, 4.69) is 26.6 Å². The molecule has 5 nitrogen and oxygen atoms in total. The Balaban J connectivity index is 0.00000392. The first-order valence-corrected chi connectivity index (χ1v) is 10.1. The van der Waals surface area contributed by atoms with Gasteiger partial charge in [0.2, 0.25) is 0 Å². The first-order valence-electron chi connectivity index (χ1n) is 8.86. The van der Waals surface area contributed by atoms with E-state index in [-0.39, 0.29) is 41.0 Å². The maximum absolute atomic E-state index is 12.6. The van der Waals surface area contributed by atoms with E-state index in [1.54, 1.807) is 23.9 Å². The topological polar surface area (TPSA) is 54.9 Å².